The number of nitrogens with zero attached hydrogens (tertiary/aromatic N) is 2. The highest BCUT2D eigenvalue weighted by molar-refractivity contribution is 6.04. The van der Waals surface area contributed by atoms with Crippen molar-refractivity contribution in [1.82, 2.24) is 9.88 Å². The van der Waals surface area contributed by atoms with Crippen molar-refractivity contribution in [2.45, 2.75) is 18.8 Å². The normalized spacial score (nSPS) is 16.0. The summed E-state index contributed by atoms with van der Waals surface area (Å²) >= 11 is 0. The molecular formula is C17H20N4O3. The van der Waals surface area contributed by atoms with E-state index in [-0.39, 0.29) is 17.2 Å². The molecule has 0 saturated carbocycles. The van der Waals surface area contributed by atoms with Gasteiger partial charge in [-0.1, -0.05) is 6.07 Å². The SMILES string of the molecule is CN1CCC(c2c[nH]c(NC(=O)c3cccc([N+](=O)[O-])c3)c2)CC1. The Kier molecular flexibility index (Phi) is 4.61. The lowest BCUT2D eigenvalue weighted by Gasteiger charge is -2.28. The molecule has 0 aliphatic carbocycles. The minimum Gasteiger partial charge on any atom is -0.348 e. The summed E-state index contributed by atoms with van der Waals surface area (Å²) in [4.78, 5) is 27.9. The van der Waals surface area contributed by atoms with Gasteiger partial charge in [-0.3, -0.25) is 14.9 Å². The van der Waals surface area contributed by atoms with Crippen LogP contribution in [0.15, 0.2) is 36.5 Å². The van der Waals surface area contributed by atoms with Crippen molar-refractivity contribution in [2.75, 3.05) is 25.5 Å². The first kappa shape index (κ1) is 16.2. The third kappa shape index (κ3) is 3.62. The Morgan fingerprint density at radius 3 is 2.79 bits per heavy atom. The number of nitro groups is 1. The van der Waals surface area contributed by atoms with E-state index in [1.165, 1.54) is 23.8 Å². The number of hydrogen-bond donors (Lipinski definition) is 2. The van der Waals surface area contributed by atoms with Crippen molar-refractivity contribution in [3.8, 4) is 0 Å². The van der Waals surface area contributed by atoms with Crippen molar-refractivity contribution < 1.29 is 9.72 Å². The number of carbonyl (C=O) groups is 1. The molecule has 7 nitrogen and oxygen atoms in total. The Hall–Kier alpha value is -2.67. The molecule has 0 unspecified atom stereocenters. The van der Waals surface area contributed by atoms with E-state index >= 15 is 0 Å². The van der Waals surface area contributed by atoms with Gasteiger partial charge in [-0.2, -0.15) is 0 Å². The van der Waals surface area contributed by atoms with Gasteiger partial charge in [0.1, 0.15) is 5.82 Å². The van der Waals surface area contributed by atoms with E-state index in [1.54, 1.807) is 6.07 Å². The number of aromatic amines is 1. The van der Waals surface area contributed by atoms with Gasteiger partial charge in [0, 0.05) is 23.9 Å². The lowest BCUT2D eigenvalue weighted by molar-refractivity contribution is -0.384. The molecule has 0 spiro atoms. The average Bonchev–Trinajstić information content (AvgIpc) is 3.04. The van der Waals surface area contributed by atoms with Gasteiger partial charge in [0.05, 0.1) is 4.92 Å². The van der Waals surface area contributed by atoms with Crippen LogP contribution in [-0.4, -0.2) is 40.9 Å². The molecule has 1 saturated heterocycles. The van der Waals surface area contributed by atoms with Crippen molar-refractivity contribution in [3.63, 3.8) is 0 Å². The lowest BCUT2D eigenvalue weighted by Crippen LogP contribution is -2.29. The Morgan fingerprint density at radius 2 is 2.08 bits per heavy atom. The molecule has 1 aromatic carbocycles. The summed E-state index contributed by atoms with van der Waals surface area (Å²) in [6, 6.07) is 7.65. The van der Waals surface area contributed by atoms with Gasteiger partial charge < -0.3 is 15.2 Å². The van der Waals surface area contributed by atoms with E-state index in [4.69, 9.17) is 0 Å². The first-order valence-electron chi connectivity index (χ1n) is 7.95. The summed E-state index contributed by atoms with van der Waals surface area (Å²) in [5.74, 6) is 0.747. The van der Waals surface area contributed by atoms with Crippen LogP contribution in [0.2, 0.25) is 0 Å². The van der Waals surface area contributed by atoms with Crippen LogP contribution in [0, 0.1) is 10.1 Å². The van der Waals surface area contributed by atoms with Gasteiger partial charge in [-0.05, 0) is 56.6 Å². The maximum absolute atomic E-state index is 12.3. The van der Waals surface area contributed by atoms with Crippen LogP contribution in [0.25, 0.3) is 0 Å². The smallest absolute Gasteiger partial charge is 0.270 e. The molecule has 2 heterocycles. The molecule has 0 bridgehead atoms. The molecule has 0 radical (unpaired) electrons. The molecule has 3 rings (SSSR count). The Bertz CT molecular complexity index is 748. The first-order chi connectivity index (χ1) is 11.5. The molecule has 1 amide bonds. The number of amides is 1. The lowest BCUT2D eigenvalue weighted by atomic mass is 9.91. The Labute approximate surface area is 139 Å². The number of piperidine rings is 1. The molecule has 1 aromatic heterocycles. The van der Waals surface area contributed by atoms with Crippen LogP contribution < -0.4 is 5.32 Å². The molecule has 2 aromatic rings. The fraction of sp³-hybridized carbons (Fsp3) is 0.353. The standard InChI is InChI=1S/C17H20N4O3/c1-20-7-5-12(6-8-20)14-10-16(18-11-14)19-17(22)13-3-2-4-15(9-13)21(23)24/h2-4,9-12,18H,5-8H2,1H3,(H,19,22). The fourth-order valence-corrected chi connectivity index (χ4v) is 3.02. The maximum Gasteiger partial charge on any atom is 0.270 e. The number of nitrogens with one attached hydrogen (secondary N) is 2. The zero-order chi connectivity index (χ0) is 17.1. The highest BCUT2D eigenvalue weighted by Gasteiger charge is 2.20. The van der Waals surface area contributed by atoms with Gasteiger partial charge in [-0.15, -0.1) is 0 Å². The zero-order valence-electron chi connectivity index (χ0n) is 13.5. The predicted octanol–water partition coefficient (Wildman–Crippen LogP) is 2.98. The molecule has 7 heteroatoms. The molecule has 24 heavy (non-hydrogen) atoms. The Morgan fingerprint density at radius 1 is 1.33 bits per heavy atom. The topological polar surface area (TPSA) is 91.3 Å². The maximum atomic E-state index is 12.3. The predicted molar refractivity (Wildman–Crippen MR) is 91.3 cm³/mol. The molecule has 0 atom stereocenters. The highest BCUT2D eigenvalue weighted by atomic mass is 16.6. The summed E-state index contributed by atoms with van der Waals surface area (Å²) < 4.78 is 0. The third-order valence-corrected chi connectivity index (χ3v) is 4.46. The second-order valence-corrected chi connectivity index (χ2v) is 6.19. The van der Waals surface area contributed by atoms with Crippen LogP contribution in [0.5, 0.6) is 0 Å². The summed E-state index contributed by atoms with van der Waals surface area (Å²) in [7, 11) is 2.12. The Balaban J connectivity index is 1.67. The third-order valence-electron chi connectivity index (χ3n) is 4.46. The molecule has 1 fully saturated rings. The van der Waals surface area contributed by atoms with Crippen LogP contribution in [0.3, 0.4) is 0 Å². The highest BCUT2D eigenvalue weighted by Crippen LogP contribution is 2.29. The molecule has 2 N–H and O–H groups in total. The van der Waals surface area contributed by atoms with E-state index in [2.05, 4.69) is 22.2 Å². The molecular weight excluding hydrogens is 308 g/mol. The van der Waals surface area contributed by atoms with Gasteiger partial charge in [0.25, 0.3) is 11.6 Å². The summed E-state index contributed by atoms with van der Waals surface area (Å²) in [6.07, 6.45) is 4.14. The number of nitro benzene ring substituents is 1. The largest absolute Gasteiger partial charge is 0.348 e. The van der Waals surface area contributed by atoms with Gasteiger partial charge in [0.15, 0.2) is 0 Å². The number of aromatic nitrogens is 1. The van der Waals surface area contributed by atoms with Gasteiger partial charge in [0.2, 0.25) is 0 Å². The number of H-pyrrole nitrogens is 1. The monoisotopic (exact) mass is 328 g/mol. The molecule has 126 valence electrons. The van der Waals surface area contributed by atoms with Crippen LogP contribution >= 0.6 is 0 Å². The number of carbonyl (C=O) groups excluding carboxylic acids is 1. The first-order valence-corrected chi connectivity index (χ1v) is 7.95. The summed E-state index contributed by atoms with van der Waals surface area (Å²) in [6.45, 7) is 2.15. The van der Waals surface area contributed by atoms with Gasteiger partial charge >= 0.3 is 0 Å². The van der Waals surface area contributed by atoms with Crippen molar-refractivity contribution >= 4 is 17.4 Å². The number of likely N-dealkylation sites (tertiary alicyclic amines) is 1. The van der Waals surface area contributed by atoms with Crippen LogP contribution in [-0.2, 0) is 0 Å². The summed E-state index contributed by atoms with van der Waals surface area (Å²) in [5, 5.41) is 13.6. The van der Waals surface area contributed by atoms with Crippen LogP contribution in [0.1, 0.15) is 34.7 Å². The second-order valence-electron chi connectivity index (χ2n) is 6.19. The average molecular weight is 328 g/mol. The zero-order valence-corrected chi connectivity index (χ0v) is 13.5. The van der Waals surface area contributed by atoms with Crippen molar-refractivity contribution in [3.05, 3.63) is 57.8 Å². The quantitative estimate of drug-likeness (QED) is 0.667. The summed E-state index contributed by atoms with van der Waals surface area (Å²) in [5.41, 5.74) is 1.36. The van der Waals surface area contributed by atoms with Crippen molar-refractivity contribution in [2.24, 2.45) is 0 Å². The van der Waals surface area contributed by atoms with Gasteiger partial charge in [-0.25, -0.2) is 0 Å². The van der Waals surface area contributed by atoms with Crippen LogP contribution in [0.4, 0.5) is 11.5 Å². The van der Waals surface area contributed by atoms with Crippen molar-refractivity contribution in [1.29, 1.82) is 0 Å². The van der Waals surface area contributed by atoms with E-state index in [0.29, 0.717) is 11.7 Å². The number of anilines is 1. The number of benzene rings is 1. The second kappa shape index (κ2) is 6.84. The van der Waals surface area contributed by atoms with E-state index < -0.39 is 4.92 Å². The number of non-ortho nitro benzene ring substituents is 1. The number of hydrogen-bond acceptors (Lipinski definition) is 4. The minimum absolute atomic E-state index is 0.0962. The van der Waals surface area contributed by atoms with E-state index in [1.807, 2.05) is 12.3 Å². The fourth-order valence-electron chi connectivity index (χ4n) is 3.02. The van der Waals surface area contributed by atoms with E-state index in [0.717, 1.165) is 25.9 Å². The number of rotatable bonds is 4. The minimum atomic E-state index is -0.510. The van der Waals surface area contributed by atoms with E-state index in [9.17, 15) is 14.9 Å². The molecule has 1 aliphatic rings. The molecule has 1 aliphatic heterocycles.